The summed E-state index contributed by atoms with van der Waals surface area (Å²) >= 11 is 0. The lowest BCUT2D eigenvalue weighted by Crippen LogP contribution is -2.30. The number of carbonyl (C=O) groups excluding carboxylic acids is 3. The van der Waals surface area contributed by atoms with Crippen LogP contribution in [0.3, 0.4) is 0 Å². The van der Waals surface area contributed by atoms with Crippen LogP contribution in [0, 0.1) is 11.8 Å². The number of aromatic nitrogens is 2. The van der Waals surface area contributed by atoms with E-state index in [4.69, 9.17) is 4.98 Å². The van der Waals surface area contributed by atoms with E-state index in [1.54, 1.807) is 4.90 Å². The number of nitrogens with zero attached hydrogens (tertiary/aromatic N) is 4. The largest absolute Gasteiger partial charge is 0.343 e. The molecule has 44 heavy (non-hydrogen) atoms. The van der Waals surface area contributed by atoms with Crippen LogP contribution in [0.5, 0.6) is 0 Å². The van der Waals surface area contributed by atoms with Crippen LogP contribution in [0.4, 0.5) is 11.6 Å². The molecule has 0 radical (unpaired) electrons. The van der Waals surface area contributed by atoms with Gasteiger partial charge in [-0.1, -0.05) is 38.8 Å². The van der Waals surface area contributed by atoms with E-state index in [0.717, 1.165) is 61.1 Å². The van der Waals surface area contributed by atoms with Crippen LogP contribution in [0.15, 0.2) is 42.5 Å². The minimum Gasteiger partial charge on any atom is -0.343 e. The van der Waals surface area contributed by atoms with Gasteiger partial charge in [0.25, 0.3) is 5.91 Å². The third-order valence-corrected chi connectivity index (χ3v) is 9.48. The van der Waals surface area contributed by atoms with E-state index >= 15 is 0 Å². The van der Waals surface area contributed by atoms with Crippen LogP contribution in [-0.2, 0) is 22.7 Å². The van der Waals surface area contributed by atoms with Crippen molar-refractivity contribution in [3.8, 4) is 0 Å². The molecule has 3 amide bonds. The van der Waals surface area contributed by atoms with E-state index in [9.17, 15) is 14.4 Å². The Bertz CT molecular complexity index is 1460. The molecule has 1 aliphatic heterocycles. The molecule has 0 unspecified atom stereocenters. The summed E-state index contributed by atoms with van der Waals surface area (Å²) in [6.07, 6.45) is 7.54. The van der Waals surface area contributed by atoms with Crippen LogP contribution in [0.25, 0.3) is 11.0 Å². The molecule has 2 aliphatic rings. The summed E-state index contributed by atoms with van der Waals surface area (Å²) in [5.74, 6) is 1.59. The Morgan fingerprint density at radius 1 is 1.02 bits per heavy atom. The zero-order valence-electron chi connectivity index (χ0n) is 26.8. The number of carbonyl (C=O) groups is 3. The van der Waals surface area contributed by atoms with Gasteiger partial charge in [0.2, 0.25) is 17.8 Å². The molecule has 1 saturated heterocycles. The highest BCUT2D eigenvalue weighted by Crippen LogP contribution is 2.30. The third-order valence-electron chi connectivity index (χ3n) is 9.48. The molecule has 1 aliphatic carbocycles. The number of imidazole rings is 1. The van der Waals surface area contributed by atoms with Crippen LogP contribution in [0.2, 0.25) is 0 Å². The summed E-state index contributed by atoms with van der Waals surface area (Å²) in [5, 5.41) is 6.57. The minimum absolute atomic E-state index is 0.122. The smallest absolute Gasteiger partial charge is 0.257 e. The molecule has 2 N–H and O–H groups in total. The van der Waals surface area contributed by atoms with Gasteiger partial charge in [-0.3, -0.25) is 19.7 Å². The van der Waals surface area contributed by atoms with Crippen LogP contribution >= 0.6 is 0 Å². The highest BCUT2D eigenvalue weighted by molar-refractivity contribution is 6.04. The number of aryl methyl sites for hydroxylation is 1. The first-order valence-corrected chi connectivity index (χ1v) is 16.4. The molecule has 2 heterocycles. The summed E-state index contributed by atoms with van der Waals surface area (Å²) in [6, 6.07) is 13.9. The van der Waals surface area contributed by atoms with Crippen molar-refractivity contribution < 1.29 is 14.4 Å². The number of hydrogen-bond donors (Lipinski definition) is 2. The molecule has 1 saturated carbocycles. The molecule has 3 aromatic rings. The van der Waals surface area contributed by atoms with Crippen molar-refractivity contribution >= 4 is 40.4 Å². The van der Waals surface area contributed by atoms with E-state index in [-0.39, 0.29) is 17.7 Å². The van der Waals surface area contributed by atoms with Gasteiger partial charge < -0.3 is 19.7 Å². The summed E-state index contributed by atoms with van der Waals surface area (Å²) in [4.78, 5) is 47.1. The molecular weight excluding hydrogens is 552 g/mol. The molecule has 2 fully saturated rings. The maximum atomic E-state index is 13.4. The third kappa shape index (κ3) is 7.67. The van der Waals surface area contributed by atoms with E-state index in [1.807, 2.05) is 59.0 Å². The number of fused-ring (bicyclic) bond motifs is 1. The standard InChI is InChI=1S/C35H48N6O3/c1-24(2)25(3)36-23-27-12-14-28(15-13-27)34(44)38-35-37-30-22-29(39(4)33(43)21-26-9-5-6-10-26)16-17-31(30)41(35)20-8-19-40-18-7-11-32(40)42/h12-17,22,24-26,36H,5-11,18-21,23H2,1-4H3,(H,37,38,44)/t25-/m1/s1. The first-order valence-electron chi connectivity index (χ1n) is 16.4. The SMILES string of the molecule is CC(C)[C@@H](C)NCc1ccc(C(=O)Nc2nc3cc(N(C)C(=O)CC4CCCC4)ccc3n2CCCN2CCCC2=O)cc1. The average molecular weight is 601 g/mol. The van der Waals surface area contributed by atoms with Gasteiger partial charge in [0.1, 0.15) is 0 Å². The van der Waals surface area contributed by atoms with Crippen molar-refractivity contribution in [3.63, 3.8) is 0 Å². The molecule has 0 spiro atoms. The summed E-state index contributed by atoms with van der Waals surface area (Å²) in [5.41, 5.74) is 4.08. The number of rotatable bonds is 13. The highest BCUT2D eigenvalue weighted by atomic mass is 16.2. The molecule has 9 heteroatoms. The van der Waals surface area contributed by atoms with E-state index < -0.39 is 0 Å². The van der Waals surface area contributed by atoms with Crippen LogP contribution in [-0.4, -0.2) is 58.4 Å². The fraction of sp³-hybridized carbons (Fsp3) is 0.543. The number of amides is 3. The van der Waals surface area contributed by atoms with Crippen LogP contribution < -0.4 is 15.5 Å². The number of anilines is 2. The lowest BCUT2D eigenvalue weighted by atomic mass is 10.0. The highest BCUT2D eigenvalue weighted by Gasteiger charge is 2.23. The van der Waals surface area contributed by atoms with Gasteiger partial charge in [-0.15, -0.1) is 0 Å². The predicted molar refractivity (Wildman–Crippen MR) is 176 cm³/mol. The van der Waals surface area contributed by atoms with Crippen molar-refractivity contribution in [2.75, 3.05) is 30.4 Å². The Balaban J connectivity index is 1.33. The minimum atomic E-state index is -0.226. The number of likely N-dealkylation sites (tertiary alicyclic amines) is 1. The van der Waals surface area contributed by atoms with Crippen molar-refractivity contribution in [1.29, 1.82) is 0 Å². The van der Waals surface area contributed by atoms with Crippen molar-refractivity contribution in [3.05, 3.63) is 53.6 Å². The Labute approximate surface area is 261 Å². The molecule has 236 valence electrons. The molecular formula is C35H48N6O3. The predicted octanol–water partition coefficient (Wildman–Crippen LogP) is 5.98. The maximum absolute atomic E-state index is 13.4. The van der Waals surface area contributed by atoms with Crippen molar-refractivity contribution in [2.24, 2.45) is 11.8 Å². The zero-order valence-corrected chi connectivity index (χ0v) is 26.8. The second-order valence-corrected chi connectivity index (χ2v) is 13.0. The Kier molecular flexibility index (Phi) is 10.4. The van der Waals surface area contributed by atoms with Gasteiger partial charge in [0, 0.05) is 63.4 Å². The summed E-state index contributed by atoms with van der Waals surface area (Å²) < 4.78 is 2.02. The fourth-order valence-corrected chi connectivity index (χ4v) is 6.21. The summed E-state index contributed by atoms with van der Waals surface area (Å²) in [7, 11) is 1.83. The van der Waals surface area contributed by atoms with Gasteiger partial charge >= 0.3 is 0 Å². The topological polar surface area (TPSA) is 99.6 Å². The van der Waals surface area contributed by atoms with Gasteiger partial charge in [0.15, 0.2) is 0 Å². The molecule has 0 bridgehead atoms. The second kappa shape index (κ2) is 14.4. The normalized spacial score (nSPS) is 16.3. The van der Waals surface area contributed by atoms with Gasteiger partial charge in [-0.05, 0) is 80.3 Å². The van der Waals surface area contributed by atoms with Crippen LogP contribution in [0.1, 0.15) is 88.1 Å². The van der Waals surface area contributed by atoms with Crippen molar-refractivity contribution in [2.45, 2.75) is 91.3 Å². The maximum Gasteiger partial charge on any atom is 0.257 e. The lowest BCUT2D eigenvalue weighted by molar-refractivity contribution is -0.127. The number of benzene rings is 2. The fourth-order valence-electron chi connectivity index (χ4n) is 6.21. The molecule has 5 rings (SSSR count). The van der Waals surface area contributed by atoms with Gasteiger partial charge in [0.05, 0.1) is 11.0 Å². The Morgan fingerprint density at radius 3 is 2.45 bits per heavy atom. The number of nitrogens with one attached hydrogen (secondary N) is 2. The van der Waals surface area contributed by atoms with Gasteiger partial charge in [-0.2, -0.15) is 0 Å². The molecule has 1 atom stereocenters. The Hall–Kier alpha value is -3.72. The second-order valence-electron chi connectivity index (χ2n) is 13.0. The quantitative estimate of drug-likeness (QED) is 0.252. The molecule has 9 nitrogen and oxygen atoms in total. The molecule has 1 aromatic heterocycles. The Morgan fingerprint density at radius 2 is 1.77 bits per heavy atom. The van der Waals surface area contributed by atoms with Crippen molar-refractivity contribution in [1.82, 2.24) is 19.8 Å². The summed E-state index contributed by atoms with van der Waals surface area (Å²) in [6.45, 7) is 9.39. The first kappa shape index (κ1) is 31.7. The van der Waals surface area contributed by atoms with Gasteiger partial charge in [-0.25, -0.2) is 4.98 Å². The number of hydrogen-bond acceptors (Lipinski definition) is 5. The van der Waals surface area contributed by atoms with E-state index in [1.165, 1.54) is 12.8 Å². The monoisotopic (exact) mass is 600 g/mol. The van der Waals surface area contributed by atoms with E-state index in [2.05, 4.69) is 31.4 Å². The zero-order chi connectivity index (χ0) is 31.2. The lowest BCUT2D eigenvalue weighted by Gasteiger charge is -2.19. The first-order chi connectivity index (χ1) is 21.2. The van der Waals surface area contributed by atoms with E-state index in [0.29, 0.717) is 55.3 Å². The average Bonchev–Trinajstić information content (AvgIpc) is 3.76. The molecule has 2 aromatic carbocycles.